The van der Waals surface area contributed by atoms with E-state index in [0.29, 0.717) is 37.8 Å². The third kappa shape index (κ3) is 7.56. The third-order valence-corrected chi connectivity index (χ3v) is 4.95. The van der Waals surface area contributed by atoms with E-state index < -0.39 is 24.4 Å². The number of nitrogens with two attached hydrogens (primary N) is 1. The van der Waals surface area contributed by atoms with Gasteiger partial charge < -0.3 is 34.3 Å². The topological polar surface area (TPSA) is 110 Å². The largest absolute Gasteiger partial charge is 0.490 e. The highest BCUT2D eigenvalue weighted by Gasteiger charge is 2.31. The van der Waals surface area contributed by atoms with Crippen molar-refractivity contribution in [3.05, 3.63) is 24.3 Å². The maximum absolute atomic E-state index is 12.7. The first-order valence-electron chi connectivity index (χ1n) is 11.1. The molecule has 0 bridgehead atoms. The molecule has 1 aromatic rings. The fourth-order valence-electron chi connectivity index (χ4n) is 2.95. The number of esters is 1. The molecule has 0 saturated carbocycles. The summed E-state index contributed by atoms with van der Waals surface area (Å²) in [6.07, 6.45) is -1.92. The lowest BCUT2D eigenvalue weighted by Crippen LogP contribution is -2.49. The van der Waals surface area contributed by atoms with E-state index in [1.807, 2.05) is 45.0 Å². The summed E-state index contributed by atoms with van der Waals surface area (Å²) in [4.78, 5) is 26.5. The van der Waals surface area contributed by atoms with E-state index in [0.717, 1.165) is 0 Å². The van der Waals surface area contributed by atoms with Crippen LogP contribution in [0.5, 0.6) is 11.5 Å². The lowest BCUT2D eigenvalue weighted by molar-refractivity contribution is -0.180. The van der Waals surface area contributed by atoms with Gasteiger partial charge in [0.2, 0.25) is 0 Å². The first-order valence-corrected chi connectivity index (χ1v) is 11.1. The van der Waals surface area contributed by atoms with Gasteiger partial charge in [-0.15, -0.1) is 0 Å². The Morgan fingerprint density at radius 1 is 1.09 bits per heavy atom. The fraction of sp³-hybridized carbons (Fsp3) is 0.652. The molecule has 9 heteroatoms. The first-order chi connectivity index (χ1) is 15.2. The molecular formula is C23H36N2O7. The van der Waals surface area contributed by atoms with Crippen LogP contribution in [0.15, 0.2) is 24.3 Å². The second kappa shape index (κ2) is 12.5. The Morgan fingerprint density at radius 3 is 2.34 bits per heavy atom. The highest BCUT2D eigenvalue weighted by atomic mass is 16.7. The smallest absolute Gasteiger partial charge is 0.413 e. The summed E-state index contributed by atoms with van der Waals surface area (Å²) in [5.41, 5.74) is 5.85. The number of nitrogens with zero attached hydrogens (tertiary/aromatic N) is 1. The molecule has 32 heavy (non-hydrogen) atoms. The van der Waals surface area contributed by atoms with Gasteiger partial charge >= 0.3 is 12.1 Å². The Kier molecular flexibility index (Phi) is 10.1. The monoisotopic (exact) mass is 452 g/mol. The van der Waals surface area contributed by atoms with Crippen LogP contribution >= 0.6 is 0 Å². The average Bonchev–Trinajstić information content (AvgIpc) is 2.77. The van der Waals surface area contributed by atoms with E-state index in [2.05, 4.69) is 0 Å². The summed E-state index contributed by atoms with van der Waals surface area (Å²) in [5, 5.41) is 0. The van der Waals surface area contributed by atoms with Crippen LogP contribution in [0, 0.1) is 11.8 Å². The quantitative estimate of drug-likeness (QED) is 0.426. The van der Waals surface area contributed by atoms with Crippen LogP contribution in [0.2, 0.25) is 0 Å². The second-order valence-corrected chi connectivity index (χ2v) is 8.33. The summed E-state index contributed by atoms with van der Waals surface area (Å²) in [6.45, 7) is 11.0. The van der Waals surface area contributed by atoms with Crippen LogP contribution in [0.25, 0.3) is 0 Å². The Hall–Kier alpha value is -2.52. The number of amides is 1. The minimum absolute atomic E-state index is 0.0844. The number of carbonyl (C=O) groups is 2. The lowest BCUT2D eigenvalue weighted by atomic mass is 10.1. The van der Waals surface area contributed by atoms with Crippen LogP contribution in [0.1, 0.15) is 34.6 Å². The van der Waals surface area contributed by atoms with Gasteiger partial charge in [-0.05, 0) is 25.0 Å². The Morgan fingerprint density at radius 2 is 1.75 bits per heavy atom. The molecule has 1 aliphatic rings. The molecule has 1 heterocycles. The number of carbonyl (C=O) groups excluding carboxylic acids is 2. The van der Waals surface area contributed by atoms with Gasteiger partial charge in [0, 0.05) is 12.5 Å². The predicted octanol–water partition coefficient (Wildman–Crippen LogP) is 2.81. The molecule has 9 nitrogen and oxygen atoms in total. The van der Waals surface area contributed by atoms with Crippen molar-refractivity contribution in [2.75, 3.05) is 32.9 Å². The van der Waals surface area contributed by atoms with Crippen molar-refractivity contribution >= 4 is 12.1 Å². The molecule has 2 N–H and O–H groups in total. The maximum Gasteiger partial charge on any atom is 0.413 e. The minimum atomic E-state index is -1.02. The van der Waals surface area contributed by atoms with Crippen LogP contribution in [0.3, 0.4) is 0 Å². The van der Waals surface area contributed by atoms with Crippen LogP contribution in [-0.4, -0.2) is 68.3 Å². The predicted molar refractivity (Wildman–Crippen MR) is 118 cm³/mol. The minimum Gasteiger partial charge on any atom is -0.490 e. The first kappa shape index (κ1) is 25.7. The van der Waals surface area contributed by atoms with Gasteiger partial charge in [-0.3, -0.25) is 4.79 Å². The molecule has 1 saturated heterocycles. The van der Waals surface area contributed by atoms with Crippen molar-refractivity contribution in [1.29, 1.82) is 0 Å². The van der Waals surface area contributed by atoms with Gasteiger partial charge in [0.1, 0.15) is 18.8 Å². The van der Waals surface area contributed by atoms with Crippen molar-refractivity contribution in [3.8, 4) is 11.5 Å². The van der Waals surface area contributed by atoms with Gasteiger partial charge in [-0.2, -0.15) is 0 Å². The summed E-state index contributed by atoms with van der Waals surface area (Å²) in [7, 11) is 0. The standard InChI is InChI=1S/C23H36N2O7/c1-6-28-18-9-7-8-10-19(18)30-14-17-13-25(11-12-29-17)23(27)32-22(16(4)5)31-21(26)20(24)15(2)3/h7-10,15-17,20,22H,6,11-14,24H2,1-5H3/t17-,20+,22?/m1/s1. The van der Waals surface area contributed by atoms with E-state index >= 15 is 0 Å². The van der Waals surface area contributed by atoms with Crippen LogP contribution < -0.4 is 15.2 Å². The van der Waals surface area contributed by atoms with Gasteiger partial charge in [0.05, 0.1) is 19.8 Å². The molecule has 1 amide bonds. The Balaban J connectivity index is 1.91. The van der Waals surface area contributed by atoms with E-state index in [1.165, 1.54) is 4.90 Å². The summed E-state index contributed by atoms with van der Waals surface area (Å²) >= 11 is 0. The zero-order valence-electron chi connectivity index (χ0n) is 19.6. The van der Waals surface area contributed by atoms with E-state index in [9.17, 15) is 9.59 Å². The van der Waals surface area contributed by atoms with Crippen molar-refractivity contribution in [1.82, 2.24) is 4.90 Å². The molecule has 180 valence electrons. The summed E-state index contributed by atoms with van der Waals surface area (Å²) < 4.78 is 28.0. The van der Waals surface area contributed by atoms with Crippen LogP contribution in [-0.2, 0) is 19.0 Å². The average molecular weight is 453 g/mol. The van der Waals surface area contributed by atoms with E-state index in [1.54, 1.807) is 13.8 Å². The highest BCUT2D eigenvalue weighted by Crippen LogP contribution is 2.27. The highest BCUT2D eigenvalue weighted by molar-refractivity contribution is 5.76. The van der Waals surface area contributed by atoms with Crippen LogP contribution in [0.4, 0.5) is 4.79 Å². The Bertz CT molecular complexity index is 741. The Labute approximate surface area is 190 Å². The van der Waals surface area contributed by atoms with Crippen molar-refractivity contribution in [3.63, 3.8) is 0 Å². The molecule has 1 unspecified atom stereocenters. The van der Waals surface area contributed by atoms with Crippen molar-refractivity contribution in [2.24, 2.45) is 17.6 Å². The molecule has 0 aromatic heterocycles. The number of rotatable bonds is 10. The van der Waals surface area contributed by atoms with Crippen molar-refractivity contribution in [2.45, 2.75) is 53.1 Å². The molecule has 3 atom stereocenters. The molecular weight excluding hydrogens is 416 g/mol. The molecule has 0 radical (unpaired) electrons. The second-order valence-electron chi connectivity index (χ2n) is 8.33. The number of benzene rings is 1. The molecule has 1 aliphatic heterocycles. The normalized spacial score (nSPS) is 18.2. The zero-order chi connectivity index (χ0) is 23.7. The van der Waals surface area contributed by atoms with Gasteiger partial charge in [0.25, 0.3) is 6.29 Å². The fourth-order valence-corrected chi connectivity index (χ4v) is 2.95. The molecule has 2 rings (SSSR count). The molecule has 1 fully saturated rings. The zero-order valence-corrected chi connectivity index (χ0v) is 19.6. The molecule has 1 aromatic carbocycles. The number of morpholine rings is 1. The van der Waals surface area contributed by atoms with E-state index in [-0.39, 0.29) is 24.5 Å². The van der Waals surface area contributed by atoms with Gasteiger partial charge in [-0.1, -0.05) is 39.8 Å². The third-order valence-electron chi connectivity index (χ3n) is 4.95. The van der Waals surface area contributed by atoms with E-state index in [4.69, 9.17) is 29.4 Å². The van der Waals surface area contributed by atoms with Gasteiger partial charge in [0.15, 0.2) is 11.5 Å². The maximum atomic E-state index is 12.7. The number of ether oxygens (including phenoxy) is 5. The lowest BCUT2D eigenvalue weighted by Gasteiger charge is -2.33. The molecule has 0 spiro atoms. The number of hydrogen-bond donors (Lipinski definition) is 1. The summed E-state index contributed by atoms with van der Waals surface area (Å²) in [6, 6.07) is 6.62. The molecule has 0 aliphatic carbocycles. The number of para-hydroxylation sites is 2. The SMILES string of the molecule is CCOc1ccccc1OC[C@H]1CN(C(=O)OC(OC(=O)[C@@H](N)C(C)C)C(C)C)CCO1. The summed E-state index contributed by atoms with van der Waals surface area (Å²) in [5.74, 6) is 0.373. The number of hydrogen-bond acceptors (Lipinski definition) is 8. The van der Waals surface area contributed by atoms with Crippen molar-refractivity contribution < 1.29 is 33.3 Å². The van der Waals surface area contributed by atoms with Gasteiger partial charge in [-0.25, -0.2) is 4.79 Å².